The van der Waals surface area contributed by atoms with E-state index in [2.05, 4.69) is 11.9 Å². The average Bonchev–Trinajstić information content (AvgIpc) is 2.88. The van der Waals surface area contributed by atoms with Crippen LogP contribution in [-0.4, -0.2) is 72.2 Å². The van der Waals surface area contributed by atoms with Gasteiger partial charge in [-0.15, -0.1) is 0 Å². The molecule has 1 fully saturated rings. The highest BCUT2D eigenvalue weighted by atomic mass is 16.2. The SMILES string of the molecule is CN1CCCN(C(=O)c2ccc3c(c2)C(=O)N(CCc2ccccc2)C3=O)CC1. The number of hydrogen-bond donors (Lipinski definition) is 0. The molecule has 2 aliphatic heterocycles. The van der Waals surface area contributed by atoms with Gasteiger partial charge in [-0.3, -0.25) is 19.3 Å². The molecule has 2 heterocycles. The molecule has 0 spiro atoms. The van der Waals surface area contributed by atoms with Crippen LogP contribution in [0.2, 0.25) is 0 Å². The van der Waals surface area contributed by atoms with Crippen LogP contribution >= 0.6 is 0 Å². The summed E-state index contributed by atoms with van der Waals surface area (Å²) in [4.78, 5) is 43.8. The second-order valence-corrected chi connectivity index (χ2v) is 7.71. The molecule has 2 aromatic rings. The minimum absolute atomic E-state index is 0.0777. The summed E-state index contributed by atoms with van der Waals surface area (Å²) in [7, 11) is 2.05. The fourth-order valence-corrected chi connectivity index (χ4v) is 3.94. The Balaban J connectivity index is 1.50. The summed E-state index contributed by atoms with van der Waals surface area (Å²) < 4.78 is 0. The first kappa shape index (κ1) is 19.3. The first-order valence-electron chi connectivity index (χ1n) is 10.1. The molecule has 3 amide bonds. The smallest absolute Gasteiger partial charge is 0.261 e. The lowest BCUT2D eigenvalue weighted by atomic mass is 10.0. The Labute approximate surface area is 170 Å². The molecule has 0 aliphatic carbocycles. The maximum absolute atomic E-state index is 12.9. The van der Waals surface area contributed by atoms with Gasteiger partial charge in [0, 0.05) is 31.7 Å². The quantitative estimate of drug-likeness (QED) is 0.751. The number of carbonyl (C=O) groups excluding carboxylic acids is 3. The molecule has 29 heavy (non-hydrogen) atoms. The summed E-state index contributed by atoms with van der Waals surface area (Å²) in [6.45, 7) is 3.51. The van der Waals surface area contributed by atoms with Gasteiger partial charge < -0.3 is 9.80 Å². The maximum Gasteiger partial charge on any atom is 0.261 e. The normalized spacial score (nSPS) is 17.4. The molecule has 1 saturated heterocycles. The molecule has 6 heteroatoms. The summed E-state index contributed by atoms with van der Waals surface area (Å²) in [5.41, 5.74) is 2.27. The highest BCUT2D eigenvalue weighted by Crippen LogP contribution is 2.25. The van der Waals surface area contributed by atoms with Gasteiger partial charge in [0.1, 0.15) is 0 Å². The molecular formula is C23H25N3O3. The zero-order valence-electron chi connectivity index (χ0n) is 16.6. The number of nitrogens with zero attached hydrogens (tertiary/aromatic N) is 3. The third-order valence-corrected chi connectivity index (χ3v) is 5.69. The van der Waals surface area contributed by atoms with Gasteiger partial charge in [-0.2, -0.15) is 0 Å². The van der Waals surface area contributed by atoms with Gasteiger partial charge in [-0.25, -0.2) is 0 Å². The van der Waals surface area contributed by atoms with Crippen molar-refractivity contribution < 1.29 is 14.4 Å². The maximum atomic E-state index is 12.9. The minimum atomic E-state index is -0.314. The molecule has 0 bridgehead atoms. The van der Waals surface area contributed by atoms with Crippen molar-refractivity contribution in [3.05, 3.63) is 70.8 Å². The molecule has 150 valence electrons. The van der Waals surface area contributed by atoms with Crippen LogP contribution in [0, 0.1) is 0 Å². The highest BCUT2D eigenvalue weighted by Gasteiger charge is 2.36. The number of imide groups is 1. The standard InChI is InChI=1S/C23H25N3O3/c1-24-11-5-12-25(15-14-24)21(27)18-8-9-19-20(16-18)23(29)26(22(19)28)13-10-17-6-3-2-4-7-17/h2-4,6-9,16H,5,10-15H2,1H3. The lowest BCUT2D eigenvalue weighted by Gasteiger charge is -2.20. The zero-order valence-corrected chi connectivity index (χ0v) is 16.6. The third-order valence-electron chi connectivity index (χ3n) is 5.69. The zero-order chi connectivity index (χ0) is 20.4. The van der Waals surface area contributed by atoms with Crippen LogP contribution in [0.1, 0.15) is 43.1 Å². The molecule has 6 nitrogen and oxygen atoms in total. The van der Waals surface area contributed by atoms with Crippen LogP contribution in [0.4, 0.5) is 0 Å². The summed E-state index contributed by atoms with van der Waals surface area (Å²) in [6.07, 6.45) is 1.54. The van der Waals surface area contributed by atoms with E-state index in [1.807, 2.05) is 35.2 Å². The molecular weight excluding hydrogens is 366 g/mol. The van der Waals surface area contributed by atoms with Crippen molar-refractivity contribution in [2.75, 3.05) is 39.8 Å². The molecule has 2 aromatic carbocycles. The molecule has 4 rings (SSSR count). The van der Waals surface area contributed by atoms with Gasteiger partial charge >= 0.3 is 0 Å². The van der Waals surface area contributed by atoms with Crippen molar-refractivity contribution in [1.29, 1.82) is 0 Å². The van der Waals surface area contributed by atoms with E-state index in [-0.39, 0.29) is 17.7 Å². The van der Waals surface area contributed by atoms with Gasteiger partial charge in [-0.05, 0) is 50.2 Å². The van der Waals surface area contributed by atoms with Crippen LogP contribution in [0.25, 0.3) is 0 Å². The molecule has 2 aliphatic rings. The lowest BCUT2D eigenvalue weighted by Crippen LogP contribution is -2.34. The van der Waals surface area contributed by atoms with E-state index >= 15 is 0 Å². The van der Waals surface area contributed by atoms with E-state index in [0.29, 0.717) is 42.7 Å². The second-order valence-electron chi connectivity index (χ2n) is 7.71. The van der Waals surface area contributed by atoms with Crippen molar-refractivity contribution in [3.63, 3.8) is 0 Å². The van der Waals surface area contributed by atoms with Crippen LogP contribution in [-0.2, 0) is 6.42 Å². The first-order valence-corrected chi connectivity index (χ1v) is 10.1. The van der Waals surface area contributed by atoms with Gasteiger partial charge in [-0.1, -0.05) is 30.3 Å². The Morgan fingerprint density at radius 2 is 1.66 bits per heavy atom. The number of hydrogen-bond acceptors (Lipinski definition) is 4. The minimum Gasteiger partial charge on any atom is -0.337 e. The summed E-state index contributed by atoms with van der Waals surface area (Å²) in [6, 6.07) is 14.7. The fraction of sp³-hybridized carbons (Fsp3) is 0.348. The number of benzene rings is 2. The second kappa shape index (κ2) is 8.17. The topological polar surface area (TPSA) is 60.9 Å². The number of rotatable bonds is 4. The van der Waals surface area contributed by atoms with E-state index < -0.39 is 0 Å². The first-order chi connectivity index (χ1) is 14.0. The Kier molecular flexibility index (Phi) is 5.45. The number of carbonyl (C=O) groups is 3. The molecule has 0 atom stereocenters. The Morgan fingerprint density at radius 3 is 2.45 bits per heavy atom. The van der Waals surface area contributed by atoms with E-state index in [1.54, 1.807) is 18.2 Å². The van der Waals surface area contributed by atoms with E-state index in [4.69, 9.17) is 0 Å². The van der Waals surface area contributed by atoms with Gasteiger partial charge in [0.05, 0.1) is 11.1 Å². The highest BCUT2D eigenvalue weighted by molar-refractivity contribution is 6.22. The van der Waals surface area contributed by atoms with Crippen LogP contribution in [0.3, 0.4) is 0 Å². The van der Waals surface area contributed by atoms with E-state index in [0.717, 1.165) is 25.1 Å². The average molecular weight is 391 g/mol. The van der Waals surface area contributed by atoms with Crippen LogP contribution in [0.15, 0.2) is 48.5 Å². The lowest BCUT2D eigenvalue weighted by molar-refractivity contribution is 0.0655. The summed E-state index contributed by atoms with van der Waals surface area (Å²) in [5.74, 6) is -0.673. The van der Waals surface area contributed by atoms with Crippen molar-refractivity contribution in [2.24, 2.45) is 0 Å². The van der Waals surface area contributed by atoms with Gasteiger partial charge in [0.15, 0.2) is 0 Å². The van der Waals surface area contributed by atoms with E-state index in [1.165, 1.54) is 4.90 Å². The molecule has 0 saturated carbocycles. The van der Waals surface area contributed by atoms with Crippen LogP contribution in [0.5, 0.6) is 0 Å². The van der Waals surface area contributed by atoms with Gasteiger partial charge in [0.2, 0.25) is 0 Å². The monoisotopic (exact) mass is 391 g/mol. The summed E-state index contributed by atoms with van der Waals surface area (Å²) >= 11 is 0. The van der Waals surface area contributed by atoms with Gasteiger partial charge in [0.25, 0.3) is 17.7 Å². The summed E-state index contributed by atoms with van der Waals surface area (Å²) in [5, 5.41) is 0. The predicted octanol–water partition coefficient (Wildman–Crippen LogP) is 2.30. The van der Waals surface area contributed by atoms with Crippen molar-refractivity contribution in [1.82, 2.24) is 14.7 Å². The molecule has 0 unspecified atom stereocenters. The van der Waals surface area contributed by atoms with Crippen molar-refractivity contribution in [3.8, 4) is 0 Å². The fourth-order valence-electron chi connectivity index (χ4n) is 3.94. The Bertz CT molecular complexity index is 942. The van der Waals surface area contributed by atoms with Crippen molar-refractivity contribution in [2.45, 2.75) is 12.8 Å². The third kappa shape index (κ3) is 3.93. The Morgan fingerprint density at radius 1 is 0.897 bits per heavy atom. The predicted molar refractivity (Wildman–Crippen MR) is 110 cm³/mol. The molecule has 0 aromatic heterocycles. The number of likely N-dealkylation sites (N-methyl/N-ethyl adjacent to an activating group) is 1. The number of amides is 3. The largest absolute Gasteiger partial charge is 0.337 e. The van der Waals surface area contributed by atoms with Crippen molar-refractivity contribution >= 4 is 17.7 Å². The molecule has 0 radical (unpaired) electrons. The number of fused-ring (bicyclic) bond motifs is 1. The van der Waals surface area contributed by atoms with Crippen LogP contribution < -0.4 is 0 Å². The molecule has 0 N–H and O–H groups in total. The Hall–Kier alpha value is -2.99. The van der Waals surface area contributed by atoms with E-state index in [9.17, 15) is 14.4 Å².